The number of aromatic hydroxyl groups is 4. The van der Waals surface area contributed by atoms with Gasteiger partial charge in [0, 0.05) is 100 Å². The third kappa shape index (κ3) is 12.6. The molecule has 0 spiro atoms. The van der Waals surface area contributed by atoms with E-state index >= 15 is 0 Å². The van der Waals surface area contributed by atoms with Crippen molar-refractivity contribution in [2.45, 2.75) is 156 Å². The third-order valence-corrected chi connectivity index (χ3v) is 16.6. The van der Waals surface area contributed by atoms with Crippen LogP contribution < -0.4 is 18.9 Å². The van der Waals surface area contributed by atoms with E-state index in [-0.39, 0.29) is 124 Å². The molecule has 426 valence electrons. The number of phenolic OH excluding ortho intramolecular Hbond substituents is 4. The Hall–Kier alpha value is -7.36. The van der Waals surface area contributed by atoms with Crippen LogP contribution in [0.15, 0.2) is 68.5 Å². The van der Waals surface area contributed by atoms with Gasteiger partial charge in [-0.05, 0) is 113 Å². The molecule has 1 saturated carbocycles. The van der Waals surface area contributed by atoms with Gasteiger partial charge in [0.05, 0.1) is 26.2 Å². The van der Waals surface area contributed by atoms with E-state index in [0.29, 0.717) is 44.5 Å². The van der Waals surface area contributed by atoms with Gasteiger partial charge in [0.25, 0.3) is 0 Å². The highest BCUT2D eigenvalue weighted by molar-refractivity contribution is 5.89. The summed E-state index contributed by atoms with van der Waals surface area (Å²) in [6.45, 7) is 24.4. The number of benzene rings is 4. The van der Waals surface area contributed by atoms with Crippen LogP contribution in [0.5, 0.6) is 46.0 Å². The molecule has 3 aliphatic heterocycles. The summed E-state index contributed by atoms with van der Waals surface area (Å²) in [4.78, 5) is 75.3. The average molecular weight is 1100 g/mol. The van der Waals surface area contributed by atoms with Gasteiger partial charge in [-0.2, -0.15) is 0 Å². The molecule has 5 atom stereocenters. The minimum Gasteiger partial charge on any atom is -0.507 e. The summed E-state index contributed by atoms with van der Waals surface area (Å²) in [6.07, 6.45) is 6.59. The molecule has 9 bridgehead atoms. The summed E-state index contributed by atoms with van der Waals surface area (Å²) in [5.74, 6) is -2.28. The zero-order valence-electron chi connectivity index (χ0n) is 48.4. The normalized spacial score (nSPS) is 24.6. The fourth-order valence-electron chi connectivity index (χ4n) is 12.4. The minimum atomic E-state index is -0.944. The molecule has 80 heavy (non-hydrogen) atoms. The lowest BCUT2D eigenvalue weighted by molar-refractivity contribution is -0.137. The molecular weight excluding hydrogens is 1020 g/mol. The number of aliphatic imine (C=N–C) groups is 4. The number of nitrogens with zero attached hydrogens (tertiary/aromatic N) is 4. The van der Waals surface area contributed by atoms with Crippen molar-refractivity contribution in [2.24, 2.45) is 42.6 Å². The van der Waals surface area contributed by atoms with Crippen LogP contribution in [0.4, 0.5) is 0 Å². The summed E-state index contributed by atoms with van der Waals surface area (Å²) in [5.41, 5.74) is -0.979. The lowest BCUT2D eigenvalue weighted by Crippen LogP contribution is -2.30. The van der Waals surface area contributed by atoms with Crippen LogP contribution in [0.25, 0.3) is 0 Å². The number of carbonyl (C=O) groups excluding carboxylic acids is 4. The first-order chi connectivity index (χ1) is 37.4. The van der Waals surface area contributed by atoms with Gasteiger partial charge >= 0.3 is 23.9 Å². The van der Waals surface area contributed by atoms with Gasteiger partial charge < -0.3 is 39.4 Å². The van der Waals surface area contributed by atoms with Gasteiger partial charge in [-0.3, -0.25) is 39.1 Å². The van der Waals surface area contributed by atoms with Crippen molar-refractivity contribution in [1.29, 1.82) is 0 Å². The molecule has 4 aromatic carbocycles. The number of hydrogen-bond acceptors (Lipinski definition) is 16. The molecule has 1 aliphatic carbocycles. The standard InChI is InChI=1S/C64H78N4O12/c1-59(2,3)45-29-41-25-37(53(45)73)33-65-21-22-66-34-38-26-42(30-46(54(38)74)60(4,5)6)79-51(71)15-19-63(11)20-16-52(72)80-44-28-40-36-68-24-23-67-35-39-27-43(31-47(55(39)75)61(7,8)9)78-50(70)14-18-62(10,17-13-49(69)77-41)57-58(63)64(57,12)48(32-44)56(40)76/h25-36,57-58,73-76H,13-24H2,1-12H3. The minimum absolute atomic E-state index is 0.000914. The Morgan fingerprint density at radius 3 is 0.912 bits per heavy atom. The second-order valence-electron chi connectivity index (χ2n) is 26.0. The van der Waals surface area contributed by atoms with Gasteiger partial charge in [-0.15, -0.1) is 0 Å². The maximum absolute atomic E-state index is 14.5. The average Bonchev–Trinajstić information content (AvgIpc) is 4.07. The molecule has 0 amide bonds. The summed E-state index contributed by atoms with van der Waals surface area (Å²) < 4.78 is 24.5. The molecule has 8 rings (SSSR count). The van der Waals surface area contributed by atoms with E-state index in [1.807, 2.05) is 83.1 Å². The number of ether oxygens (including phenoxy) is 4. The molecule has 4 N–H and O–H groups in total. The van der Waals surface area contributed by atoms with Crippen molar-refractivity contribution >= 4 is 48.7 Å². The maximum Gasteiger partial charge on any atom is 0.311 e. The van der Waals surface area contributed by atoms with E-state index in [0.717, 1.165) is 0 Å². The van der Waals surface area contributed by atoms with E-state index in [1.54, 1.807) is 48.5 Å². The predicted molar refractivity (Wildman–Crippen MR) is 308 cm³/mol. The van der Waals surface area contributed by atoms with Crippen LogP contribution in [0.2, 0.25) is 0 Å². The van der Waals surface area contributed by atoms with Gasteiger partial charge in [0.2, 0.25) is 0 Å². The zero-order chi connectivity index (χ0) is 58.3. The smallest absolute Gasteiger partial charge is 0.311 e. The number of rotatable bonds is 0. The first-order valence-corrected chi connectivity index (χ1v) is 27.7. The molecule has 16 nitrogen and oxygen atoms in total. The Balaban J connectivity index is 1.29. The molecule has 4 aliphatic rings. The predicted octanol–water partition coefficient (Wildman–Crippen LogP) is 11.5. The lowest BCUT2D eigenvalue weighted by atomic mass is 9.69. The quantitative estimate of drug-likeness (QED) is 0.0951. The number of esters is 4. The number of phenols is 4. The second kappa shape index (κ2) is 22.3. The van der Waals surface area contributed by atoms with Crippen molar-refractivity contribution < 1.29 is 58.6 Å². The van der Waals surface area contributed by atoms with E-state index in [2.05, 4.69) is 20.0 Å². The van der Waals surface area contributed by atoms with Crippen molar-refractivity contribution in [1.82, 2.24) is 0 Å². The van der Waals surface area contributed by atoms with Gasteiger partial charge in [0.1, 0.15) is 46.0 Å². The summed E-state index contributed by atoms with van der Waals surface area (Å²) in [5, 5.41) is 47.1. The molecule has 1 fully saturated rings. The highest BCUT2D eigenvalue weighted by Crippen LogP contribution is 2.76. The van der Waals surface area contributed by atoms with E-state index in [1.165, 1.54) is 24.9 Å². The fourth-order valence-corrected chi connectivity index (χ4v) is 12.4. The van der Waals surface area contributed by atoms with Crippen molar-refractivity contribution in [3.05, 3.63) is 93.0 Å². The van der Waals surface area contributed by atoms with Crippen LogP contribution in [0.1, 0.15) is 179 Å². The second-order valence-corrected chi connectivity index (χ2v) is 26.0. The summed E-state index contributed by atoms with van der Waals surface area (Å²) in [6, 6.07) is 12.9. The summed E-state index contributed by atoms with van der Waals surface area (Å²) >= 11 is 0. The topological polar surface area (TPSA) is 236 Å². The molecule has 16 heteroatoms. The largest absolute Gasteiger partial charge is 0.507 e. The Labute approximate surface area is 469 Å². The Morgan fingerprint density at radius 2 is 0.650 bits per heavy atom. The van der Waals surface area contributed by atoms with Crippen LogP contribution in [0, 0.1) is 22.7 Å². The fraction of sp³-hybridized carbons (Fsp3) is 0.500. The van der Waals surface area contributed by atoms with Crippen molar-refractivity contribution in [2.75, 3.05) is 26.2 Å². The number of fused-ring (bicyclic) bond motifs is 8. The lowest BCUT2D eigenvalue weighted by Gasteiger charge is -2.35. The Bertz CT molecular complexity index is 3230. The van der Waals surface area contributed by atoms with E-state index in [9.17, 15) is 39.6 Å². The summed E-state index contributed by atoms with van der Waals surface area (Å²) in [7, 11) is 0. The first kappa shape index (κ1) is 58.8. The number of hydrogen-bond donors (Lipinski definition) is 4. The highest BCUT2D eigenvalue weighted by atomic mass is 16.5. The van der Waals surface area contributed by atoms with Crippen LogP contribution in [-0.2, 0) is 40.8 Å². The first-order valence-electron chi connectivity index (χ1n) is 27.7. The van der Waals surface area contributed by atoms with Crippen molar-refractivity contribution in [3.63, 3.8) is 0 Å². The molecule has 5 unspecified atom stereocenters. The molecule has 3 heterocycles. The monoisotopic (exact) mass is 1090 g/mol. The van der Waals surface area contributed by atoms with Gasteiger partial charge in [-0.1, -0.05) is 83.1 Å². The molecule has 4 aromatic rings. The molecule has 0 radical (unpaired) electrons. The van der Waals surface area contributed by atoms with E-state index in [4.69, 9.17) is 18.9 Å². The van der Waals surface area contributed by atoms with Crippen LogP contribution in [-0.4, -0.2) is 95.3 Å². The SMILES string of the molecule is CC(C)(C)c1cc2cc(c1O)C=NCCN=Cc1cc(cc(C(C)(C)C)c1O)OC(=O)CCC1(C)CCC(=O)Oc3cc4c(O)c(c3)C3(C)C(C13)C(C)(CCC(=O)O2)CCC(=O)Oc1cc(c(O)c(C(C)(C)C)c1)C=NCCN=C4. The van der Waals surface area contributed by atoms with Crippen molar-refractivity contribution in [3.8, 4) is 46.0 Å². The maximum atomic E-state index is 14.5. The Kier molecular flexibility index (Phi) is 16.4. The molecular formula is C64H78N4O12. The van der Waals surface area contributed by atoms with Gasteiger partial charge in [0.15, 0.2) is 0 Å². The highest BCUT2D eigenvalue weighted by Gasteiger charge is 2.73. The zero-order valence-corrected chi connectivity index (χ0v) is 48.4. The molecule has 0 aromatic heterocycles. The van der Waals surface area contributed by atoms with Crippen LogP contribution >= 0.6 is 0 Å². The number of carbonyl (C=O) groups is 4. The Morgan fingerprint density at radius 1 is 0.400 bits per heavy atom. The van der Waals surface area contributed by atoms with Crippen LogP contribution in [0.3, 0.4) is 0 Å². The molecule has 0 saturated heterocycles. The third-order valence-electron chi connectivity index (χ3n) is 16.6. The van der Waals surface area contributed by atoms with Gasteiger partial charge in [-0.25, -0.2) is 0 Å². The van der Waals surface area contributed by atoms with E-state index < -0.39 is 68.2 Å².